The van der Waals surface area contributed by atoms with Gasteiger partial charge in [-0.25, -0.2) is 0 Å². The van der Waals surface area contributed by atoms with Crippen molar-refractivity contribution in [3.63, 3.8) is 0 Å². The normalized spacial score (nSPS) is 8.09. The van der Waals surface area contributed by atoms with Gasteiger partial charge in [-0.2, -0.15) is 0 Å². The van der Waals surface area contributed by atoms with Gasteiger partial charge in [0.2, 0.25) is 0 Å². The largest absolute Gasteiger partial charge is 1.00 e. The Morgan fingerprint density at radius 2 is 2.00 bits per heavy atom. The molecule has 0 aromatic heterocycles. The van der Waals surface area contributed by atoms with Gasteiger partial charge in [0, 0.05) is 6.42 Å². The molecule has 0 rings (SSSR count). The Morgan fingerprint density at radius 3 is 2.36 bits per heavy atom. The molecule has 0 aromatic carbocycles. The Labute approximate surface area is 77.1 Å². The molecule has 0 spiro atoms. The minimum absolute atomic E-state index is 0. The maximum atomic E-state index is 10.4. The predicted molar refractivity (Wildman–Crippen MR) is 30.9 cm³/mol. The third kappa shape index (κ3) is 9.54. The van der Waals surface area contributed by atoms with Crippen LogP contribution in [-0.2, 0) is 14.3 Å². The number of esters is 1. The first kappa shape index (κ1) is 13.2. The van der Waals surface area contributed by atoms with Gasteiger partial charge in [0.25, 0.3) is 0 Å². The third-order valence-corrected chi connectivity index (χ3v) is 0.805. The second kappa shape index (κ2) is 7.64. The van der Waals surface area contributed by atoms with E-state index in [4.69, 9.17) is 0 Å². The maximum Gasteiger partial charge on any atom is 1.00 e. The molecule has 0 aliphatic heterocycles. The second-order valence-corrected chi connectivity index (χ2v) is 1.78. The van der Waals surface area contributed by atoms with E-state index in [0.717, 1.165) is 0 Å². The molecule has 0 bridgehead atoms. The van der Waals surface area contributed by atoms with Crippen LogP contribution in [0.5, 0.6) is 0 Å². The molecule has 11 heavy (non-hydrogen) atoms. The molecular weight excluding hydrogens is 143 g/mol. The van der Waals surface area contributed by atoms with Gasteiger partial charge in [-0.05, 0) is 6.42 Å². The third-order valence-electron chi connectivity index (χ3n) is 0.805. The Morgan fingerprint density at radius 1 is 1.45 bits per heavy atom. The molecule has 0 atom stereocenters. The molecule has 0 saturated carbocycles. The number of carbonyl (C=O) groups excluding carboxylic acids is 2. The Kier molecular flexibility index (Phi) is 9.14. The number of hydrogen-bond donors (Lipinski definition) is 0. The van der Waals surface area contributed by atoms with E-state index in [1.54, 1.807) is 6.92 Å². The van der Waals surface area contributed by atoms with Crippen LogP contribution in [-0.4, -0.2) is 18.5 Å². The van der Waals surface area contributed by atoms with E-state index in [9.17, 15) is 14.7 Å². The zero-order valence-electron chi connectivity index (χ0n) is 6.75. The van der Waals surface area contributed by atoms with Crippen molar-refractivity contribution in [1.29, 1.82) is 0 Å². The van der Waals surface area contributed by atoms with E-state index in [1.165, 1.54) is 0 Å². The van der Waals surface area contributed by atoms with Crippen LogP contribution in [0.3, 0.4) is 0 Å². The van der Waals surface area contributed by atoms with Crippen LogP contribution in [0.15, 0.2) is 0 Å². The number of carbonyl (C=O) groups is 2. The summed E-state index contributed by atoms with van der Waals surface area (Å²) in [5.41, 5.74) is 0. The number of rotatable bonds is 4. The summed E-state index contributed by atoms with van der Waals surface area (Å²) in [4.78, 5) is 20.2. The molecule has 0 amide bonds. The summed E-state index contributed by atoms with van der Waals surface area (Å²) in [6.45, 7) is 1.17. The molecule has 0 aliphatic carbocycles. The summed E-state index contributed by atoms with van der Waals surface area (Å²) in [5, 5.41) is 9.72. The second-order valence-electron chi connectivity index (χ2n) is 1.78. The van der Waals surface area contributed by atoms with E-state index in [2.05, 4.69) is 4.74 Å². The van der Waals surface area contributed by atoms with Crippen molar-refractivity contribution in [1.82, 2.24) is 0 Å². The smallest absolute Gasteiger partial charge is 0.546 e. The van der Waals surface area contributed by atoms with Gasteiger partial charge in [0.15, 0.2) is 0 Å². The Balaban J connectivity index is 0. The van der Waals surface area contributed by atoms with E-state index >= 15 is 0 Å². The number of carboxylic acids is 1. The van der Waals surface area contributed by atoms with Gasteiger partial charge in [0.05, 0.1) is 5.97 Å². The molecule has 0 aliphatic rings. The minimum atomic E-state index is -1.37. The molecule has 0 radical (unpaired) electrons. The number of hydrogen-bond acceptors (Lipinski definition) is 4. The van der Waals surface area contributed by atoms with Gasteiger partial charge >= 0.3 is 24.8 Å². The number of aliphatic carboxylic acids is 1. The van der Waals surface area contributed by atoms with Crippen molar-refractivity contribution in [2.24, 2.45) is 0 Å². The summed E-state index contributed by atoms with van der Waals surface area (Å²) in [7, 11) is 0. The molecule has 58 valence electrons. The molecule has 0 aromatic rings. The molecule has 0 N–H and O–H groups in total. The van der Waals surface area contributed by atoms with E-state index in [-0.39, 0.29) is 25.3 Å². The van der Waals surface area contributed by atoms with Gasteiger partial charge < -0.3 is 14.6 Å². The molecule has 0 heterocycles. The fraction of sp³-hybridized carbons (Fsp3) is 0.667. The zero-order valence-corrected chi connectivity index (χ0v) is 6.75. The molecule has 0 saturated heterocycles. The van der Waals surface area contributed by atoms with E-state index < -0.39 is 18.5 Å². The monoisotopic (exact) mass is 152 g/mol. The van der Waals surface area contributed by atoms with E-state index in [0.29, 0.717) is 6.42 Å². The van der Waals surface area contributed by atoms with Crippen LogP contribution in [0, 0.1) is 0 Å². The van der Waals surface area contributed by atoms with Gasteiger partial charge in [-0.1, -0.05) is 6.92 Å². The van der Waals surface area contributed by atoms with Crippen LogP contribution in [0.2, 0.25) is 0 Å². The van der Waals surface area contributed by atoms with Crippen LogP contribution < -0.4 is 24.0 Å². The van der Waals surface area contributed by atoms with Crippen molar-refractivity contribution >= 4 is 11.9 Å². The summed E-state index contributed by atoms with van der Waals surface area (Å²) in [6.07, 6.45) is 0.916. The topological polar surface area (TPSA) is 66.4 Å². The predicted octanol–water partition coefficient (Wildman–Crippen LogP) is -3.92. The Bertz CT molecular complexity index is 135. The standard InChI is InChI=1S/C6H10O4.Li/c1-2-3-6(9)10-4-5(7)8;/h2-4H2,1H3,(H,7,8);/q;+1/p-1. The molecule has 0 unspecified atom stereocenters. The molecule has 5 heteroatoms. The zero-order chi connectivity index (χ0) is 7.98. The summed E-state index contributed by atoms with van der Waals surface area (Å²) < 4.78 is 4.24. The number of ether oxygens (including phenoxy) is 1. The molecule has 4 nitrogen and oxygen atoms in total. The van der Waals surface area contributed by atoms with Crippen molar-refractivity contribution in [3.05, 3.63) is 0 Å². The molecule has 0 fully saturated rings. The van der Waals surface area contributed by atoms with Gasteiger partial charge in [-0.15, -0.1) is 0 Å². The van der Waals surface area contributed by atoms with Crippen molar-refractivity contribution < 1.29 is 38.3 Å². The average Bonchev–Trinajstić information content (AvgIpc) is 1.85. The first-order valence-corrected chi connectivity index (χ1v) is 3.02. The van der Waals surface area contributed by atoms with Gasteiger partial charge in [-0.3, -0.25) is 4.79 Å². The molecular formula is C6H9LiO4. The first-order chi connectivity index (χ1) is 4.66. The van der Waals surface area contributed by atoms with Crippen LogP contribution >= 0.6 is 0 Å². The Hall–Kier alpha value is -0.463. The van der Waals surface area contributed by atoms with Crippen molar-refractivity contribution in [2.45, 2.75) is 19.8 Å². The summed E-state index contributed by atoms with van der Waals surface area (Å²) in [5.74, 6) is -1.86. The fourth-order valence-electron chi connectivity index (χ4n) is 0.416. The minimum Gasteiger partial charge on any atom is -0.546 e. The van der Waals surface area contributed by atoms with Crippen molar-refractivity contribution in [2.75, 3.05) is 6.61 Å². The fourth-order valence-corrected chi connectivity index (χ4v) is 0.416. The summed E-state index contributed by atoms with van der Waals surface area (Å²) in [6, 6.07) is 0. The average molecular weight is 152 g/mol. The van der Waals surface area contributed by atoms with Crippen LogP contribution in [0.25, 0.3) is 0 Å². The van der Waals surface area contributed by atoms with Crippen LogP contribution in [0.4, 0.5) is 0 Å². The van der Waals surface area contributed by atoms with Crippen LogP contribution in [0.1, 0.15) is 19.8 Å². The van der Waals surface area contributed by atoms with E-state index in [1.807, 2.05) is 0 Å². The van der Waals surface area contributed by atoms with Crippen molar-refractivity contribution in [3.8, 4) is 0 Å². The summed E-state index contributed by atoms with van der Waals surface area (Å²) >= 11 is 0. The SMILES string of the molecule is CCCC(=O)OCC(=O)[O-].[Li+]. The van der Waals surface area contributed by atoms with Gasteiger partial charge in [0.1, 0.15) is 6.61 Å². The quantitative estimate of drug-likeness (QED) is 0.305. The number of carboxylic acid groups (broad SMARTS) is 1. The maximum absolute atomic E-state index is 10.4. The first-order valence-electron chi connectivity index (χ1n) is 3.02.